The number of anilines is 1. The average molecular weight is 546 g/mol. The van der Waals surface area contributed by atoms with Crippen molar-refractivity contribution in [3.05, 3.63) is 102 Å². The largest absolute Gasteiger partial charge is 0.493 e. The van der Waals surface area contributed by atoms with Crippen molar-refractivity contribution in [1.29, 1.82) is 5.26 Å². The Morgan fingerprint density at radius 2 is 1.82 bits per heavy atom. The quantitative estimate of drug-likeness (QED) is 0.389. The number of amides is 1. The maximum Gasteiger partial charge on any atom is 0.273 e. The molecule has 1 amide bonds. The van der Waals surface area contributed by atoms with E-state index in [9.17, 15) is 14.9 Å². The monoisotopic (exact) mass is 545 g/mol. The third-order valence-electron chi connectivity index (χ3n) is 5.97. The lowest BCUT2D eigenvalue weighted by Crippen LogP contribution is -2.32. The van der Waals surface area contributed by atoms with Crippen LogP contribution in [0.15, 0.2) is 65.5 Å². The number of methoxy groups -OCH3 is 2. The molecule has 192 valence electrons. The number of para-hydroxylation sites is 2. The summed E-state index contributed by atoms with van der Waals surface area (Å²) in [4.78, 5) is 27.1. The number of rotatable bonds is 6. The predicted molar refractivity (Wildman–Crippen MR) is 151 cm³/mol. The maximum absolute atomic E-state index is 13.8. The molecule has 9 heteroatoms. The lowest BCUT2D eigenvalue weighted by atomic mass is 10.1. The molecule has 1 heterocycles. The second kappa shape index (κ2) is 11.4. The first kappa shape index (κ1) is 26.7. The summed E-state index contributed by atoms with van der Waals surface area (Å²) >= 11 is 7.25. The van der Waals surface area contributed by atoms with Gasteiger partial charge in [0.25, 0.3) is 11.5 Å². The summed E-state index contributed by atoms with van der Waals surface area (Å²) in [7, 11) is 3.05. The van der Waals surface area contributed by atoms with Crippen LogP contribution >= 0.6 is 22.9 Å². The molecule has 4 rings (SSSR count). The number of hydrogen-bond donors (Lipinski definition) is 1. The van der Waals surface area contributed by atoms with Gasteiger partial charge in [-0.05, 0) is 61.4 Å². The Labute approximate surface area is 228 Å². The van der Waals surface area contributed by atoms with E-state index in [1.54, 1.807) is 54.6 Å². The van der Waals surface area contributed by atoms with Crippen molar-refractivity contribution in [3.8, 4) is 23.3 Å². The number of nitrogens with zero attached hydrogens (tertiary/aromatic N) is 2. The highest BCUT2D eigenvalue weighted by Gasteiger charge is 2.19. The molecular formula is C29H24ClN3O4S. The number of nitriles is 1. The summed E-state index contributed by atoms with van der Waals surface area (Å²) in [6.45, 7) is 3.90. The van der Waals surface area contributed by atoms with E-state index < -0.39 is 5.91 Å². The van der Waals surface area contributed by atoms with E-state index in [2.05, 4.69) is 5.32 Å². The van der Waals surface area contributed by atoms with Gasteiger partial charge in [0.1, 0.15) is 10.7 Å². The van der Waals surface area contributed by atoms with Crippen LogP contribution < -0.4 is 29.5 Å². The van der Waals surface area contributed by atoms with Crippen LogP contribution in [0.2, 0.25) is 5.02 Å². The molecular weight excluding hydrogens is 522 g/mol. The molecule has 0 saturated carbocycles. The zero-order valence-electron chi connectivity index (χ0n) is 21.2. The van der Waals surface area contributed by atoms with Crippen LogP contribution in [0.3, 0.4) is 0 Å². The van der Waals surface area contributed by atoms with Crippen LogP contribution in [0.4, 0.5) is 5.69 Å². The van der Waals surface area contributed by atoms with E-state index >= 15 is 0 Å². The molecule has 3 aromatic carbocycles. The van der Waals surface area contributed by atoms with Gasteiger partial charge in [0, 0.05) is 5.56 Å². The predicted octanol–water partition coefficient (Wildman–Crippen LogP) is 4.33. The third-order valence-corrected chi connectivity index (χ3v) is 7.39. The Balaban J connectivity index is 2.03. The highest BCUT2D eigenvalue weighted by molar-refractivity contribution is 7.07. The van der Waals surface area contributed by atoms with Crippen molar-refractivity contribution in [2.24, 2.45) is 0 Å². The fraction of sp³-hybridized carbons (Fsp3) is 0.138. The Morgan fingerprint density at radius 1 is 1.05 bits per heavy atom. The molecule has 0 aliphatic rings. The van der Waals surface area contributed by atoms with Crippen LogP contribution in [-0.4, -0.2) is 24.7 Å². The molecule has 0 atom stereocenters. The number of aryl methyl sites for hydroxylation is 2. The fourth-order valence-corrected chi connectivity index (χ4v) is 5.13. The van der Waals surface area contributed by atoms with Crippen molar-refractivity contribution >= 4 is 46.2 Å². The summed E-state index contributed by atoms with van der Waals surface area (Å²) < 4.78 is 12.8. The van der Waals surface area contributed by atoms with E-state index in [0.29, 0.717) is 38.0 Å². The normalized spacial score (nSPS) is 12.1. The standard InChI is InChI=1S/C29H24ClN3O4S/c1-17-12-13-20(14-18(17)2)33-28(35)25(15-19-8-7-11-24(36-3)26(19)37-4)38-29(33)21(16-31)27(34)32-23-10-6-5-9-22(23)30/h5-15H,1-4H3,(H,32,34)/b25-15+,29-21-. The minimum Gasteiger partial charge on any atom is -0.493 e. The molecule has 0 unspecified atom stereocenters. The fourth-order valence-electron chi connectivity index (χ4n) is 3.86. The second-order valence-electron chi connectivity index (χ2n) is 8.33. The van der Waals surface area contributed by atoms with Crippen molar-refractivity contribution in [1.82, 2.24) is 4.57 Å². The van der Waals surface area contributed by atoms with E-state index in [0.717, 1.165) is 22.5 Å². The van der Waals surface area contributed by atoms with Crippen molar-refractivity contribution in [3.63, 3.8) is 0 Å². The van der Waals surface area contributed by atoms with Gasteiger partial charge in [0.2, 0.25) is 0 Å². The van der Waals surface area contributed by atoms with Crippen molar-refractivity contribution in [2.75, 3.05) is 19.5 Å². The lowest BCUT2D eigenvalue weighted by Gasteiger charge is -2.09. The van der Waals surface area contributed by atoms with Gasteiger partial charge in [-0.3, -0.25) is 14.2 Å². The number of hydrogen-bond acceptors (Lipinski definition) is 6. The lowest BCUT2D eigenvalue weighted by molar-refractivity contribution is -0.111. The molecule has 0 radical (unpaired) electrons. The number of thiazole rings is 1. The Morgan fingerprint density at radius 3 is 2.47 bits per heavy atom. The maximum atomic E-state index is 13.8. The molecule has 0 spiro atoms. The van der Waals surface area contributed by atoms with Crippen LogP contribution in [-0.2, 0) is 4.79 Å². The minimum absolute atomic E-state index is 0.193. The Bertz CT molecular complexity index is 1770. The first-order valence-electron chi connectivity index (χ1n) is 11.5. The smallest absolute Gasteiger partial charge is 0.273 e. The number of nitrogens with one attached hydrogen (secondary N) is 1. The van der Waals surface area contributed by atoms with Gasteiger partial charge in [-0.15, -0.1) is 11.3 Å². The SMILES string of the molecule is COc1cccc(/C=c2/s/c(=C(/C#N)C(=O)Nc3ccccc3Cl)n(-c3ccc(C)c(C)c3)c2=O)c1OC. The van der Waals surface area contributed by atoms with Gasteiger partial charge >= 0.3 is 0 Å². The minimum atomic E-state index is -0.676. The van der Waals surface area contributed by atoms with E-state index in [4.69, 9.17) is 21.1 Å². The van der Waals surface area contributed by atoms with Crippen LogP contribution in [0, 0.1) is 25.2 Å². The van der Waals surface area contributed by atoms with Crippen LogP contribution in [0.25, 0.3) is 17.3 Å². The van der Waals surface area contributed by atoms with E-state index in [1.165, 1.54) is 18.8 Å². The first-order chi connectivity index (χ1) is 18.3. The van der Waals surface area contributed by atoms with Gasteiger partial charge in [-0.2, -0.15) is 5.26 Å². The van der Waals surface area contributed by atoms with E-state index in [1.807, 2.05) is 32.0 Å². The molecule has 4 aromatic rings. The summed E-state index contributed by atoms with van der Waals surface area (Å²) in [6, 6.07) is 19.6. The molecule has 0 bridgehead atoms. The summed E-state index contributed by atoms with van der Waals surface area (Å²) in [6.07, 6.45) is 1.66. The number of ether oxygens (including phenoxy) is 2. The topological polar surface area (TPSA) is 93.4 Å². The molecule has 38 heavy (non-hydrogen) atoms. The summed E-state index contributed by atoms with van der Waals surface area (Å²) in [5.41, 5.74) is 2.93. The molecule has 1 N–H and O–H groups in total. The zero-order valence-corrected chi connectivity index (χ0v) is 22.7. The van der Waals surface area contributed by atoms with Crippen molar-refractivity contribution in [2.45, 2.75) is 13.8 Å². The summed E-state index contributed by atoms with van der Waals surface area (Å²) in [5, 5.41) is 13.1. The highest BCUT2D eigenvalue weighted by atomic mass is 35.5. The number of aromatic nitrogens is 1. The number of carbonyl (C=O) groups is 1. The number of halogens is 1. The first-order valence-corrected chi connectivity index (χ1v) is 12.7. The average Bonchev–Trinajstić information content (AvgIpc) is 3.22. The molecule has 0 saturated heterocycles. The third kappa shape index (κ3) is 5.21. The highest BCUT2D eigenvalue weighted by Crippen LogP contribution is 2.31. The van der Waals surface area contributed by atoms with E-state index in [-0.39, 0.29) is 15.8 Å². The van der Waals surface area contributed by atoms with Crippen LogP contribution in [0.5, 0.6) is 11.5 Å². The number of carbonyl (C=O) groups excluding carboxylic acids is 1. The molecule has 1 aromatic heterocycles. The Kier molecular flexibility index (Phi) is 8.01. The van der Waals surface area contributed by atoms with Gasteiger partial charge in [-0.1, -0.05) is 41.9 Å². The zero-order chi connectivity index (χ0) is 27.4. The number of benzene rings is 3. The molecule has 7 nitrogen and oxygen atoms in total. The Hall–Kier alpha value is -4.32. The van der Waals surface area contributed by atoms with Gasteiger partial charge < -0.3 is 14.8 Å². The second-order valence-corrected chi connectivity index (χ2v) is 9.77. The van der Waals surface area contributed by atoms with Crippen LogP contribution in [0.1, 0.15) is 16.7 Å². The van der Waals surface area contributed by atoms with Gasteiger partial charge in [0.05, 0.1) is 35.1 Å². The van der Waals surface area contributed by atoms with Gasteiger partial charge in [-0.25, -0.2) is 0 Å². The molecule has 0 aliphatic heterocycles. The molecule has 0 aliphatic carbocycles. The molecule has 0 fully saturated rings. The van der Waals surface area contributed by atoms with Gasteiger partial charge in [0.15, 0.2) is 17.1 Å². The summed E-state index contributed by atoms with van der Waals surface area (Å²) in [5.74, 6) is 0.295. The van der Waals surface area contributed by atoms with Crippen molar-refractivity contribution < 1.29 is 14.3 Å².